The molecule has 0 fully saturated rings. The molecular formula is C28H21N3. The third kappa shape index (κ3) is 4.70. The zero-order valence-corrected chi connectivity index (χ0v) is 17.0. The van der Waals surface area contributed by atoms with E-state index >= 15 is 0 Å². The summed E-state index contributed by atoms with van der Waals surface area (Å²) >= 11 is 0. The number of hydrogen-bond donors (Lipinski definition) is 1. The fourth-order valence-electron chi connectivity index (χ4n) is 3.62. The fourth-order valence-corrected chi connectivity index (χ4v) is 3.62. The largest absolute Gasteiger partial charge is 0.309 e. The standard InChI is InChI=1S/C28H21N3/c29-17-25-5-1-3-7-27(25)23-13-9-21(10-14-23)19-31-20-22-11-15-24(16-12-22)28-8-4-2-6-26(28)18-30/h1-16,31H,19-20H2. The van der Waals surface area contributed by atoms with Crippen molar-refractivity contribution in [2.45, 2.75) is 13.1 Å². The van der Waals surface area contributed by atoms with Gasteiger partial charge in [-0.3, -0.25) is 0 Å². The molecule has 0 amide bonds. The summed E-state index contributed by atoms with van der Waals surface area (Å²) in [6, 6.07) is 36.5. The van der Waals surface area contributed by atoms with Gasteiger partial charge in [0.15, 0.2) is 0 Å². The zero-order chi connectivity index (χ0) is 21.5. The Morgan fingerprint density at radius 3 is 1.29 bits per heavy atom. The highest BCUT2D eigenvalue weighted by Gasteiger charge is 2.05. The molecule has 4 aromatic carbocycles. The summed E-state index contributed by atoms with van der Waals surface area (Å²) in [6.45, 7) is 1.53. The van der Waals surface area contributed by atoms with E-state index in [-0.39, 0.29) is 0 Å². The van der Waals surface area contributed by atoms with E-state index in [0.29, 0.717) is 11.1 Å². The average molecular weight is 399 g/mol. The molecule has 1 N–H and O–H groups in total. The van der Waals surface area contributed by atoms with Crippen LogP contribution in [0.4, 0.5) is 0 Å². The van der Waals surface area contributed by atoms with E-state index in [1.165, 1.54) is 11.1 Å². The number of rotatable bonds is 6. The molecule has 0 bridgehead atoms. The van der Waals surface area contributed by atoms with Gasteiger partial charge in [0.2, 0.25) is 0 Å². The topological polar surface area (TPSA) is 59.6 Å². The van der Waals surface area contributed by atoms with E-state index < -0.39 is 0 Å². The van der Waals surface area contributed by atoms with Crippen LogP contribution in [-0.4, -0.2) is 0 Å². The Balaban J connectivity index is 1.36. The Morgan fingerprint density at radius 1 is 0.516 bits per heavy atom. The molecular weight excluding hydrogens is 378 g/mol. The van der Waals surface area contributed by atoms with Crippen LogP contribution in [-0.2, 0) is 13.1 Å². The lowest BCUT2D eigenvalue weighted by atomic mass is 9.99. The second-order valence-corrected chi connectivity index (χ2v) is 7.31. The van der Waals surface area contributed by atoms with Gasteiger partial charge in [-0.05, 0) is 45.5 Å². The first kappa shape index (κ1) is 20.1. The summed E-state index contributed by atoms with van der Waals surface area (Å²) in [7, 11) is 0. The molecule has 0 spiro atoms. The molecule has 0 aliphatic carbocycles. The Labute approximate surface area is 182 Å². The Morgan fingerprint density at radius 2 is 0.903 bits per heavy atom. The van der Waals surface area contributed by atoms with Gasteiger partial charge in [0.25, 0.3) is 0 Å². The molecule has 3 nitrogen and oxygen atoms in total. The van der Waals surface area contributed by atoms with E-state index in [1.807, 2.05) is 48.5 Å². The Bertz CT molecular complexity index is 1160. The van der Waals surface area contributed by atoms with Crippen LogP contribution in [0.25, 0.3) is 22.3 Å². The maximum absolute atomic E-state index is 9.29. The third-order valence-electron chi connectivity index (χ3n) is 5.28. The van der Waals surface area contributed by atoms with E-state index in [1.54, 1.807) is 0 Å². The first-order chi connectivity index (χ1) is 15.3. The van der Waals surface area contributed by atoms with Crippen LogP contribution in [0.2, 0.25) is 0 Å². The van der Waals surface area contributed by atoms with Crippen molar-refractivity contribution in [3.8, 4) is 34.4 Å². The van der Waals surface area contributed by atoms with Gasteiger partial charge in [0.05, 0.1) is 23.3 Å². The molecule has 0 saturated heterocycles. The van der Waals surface area contributed by atoms with Crippen molar-refractivity contribution in [3.05, 3.63) is 119 Å². The number of nitrogens with zero attached hydrogens (tertiary/aromatic N) is 2. The molecule has 3 heteroatoms. The van der Waals surface area contributed by atoms with Gasteiger partial charge in [-0.25, -0.2) is 0 Å². The van der Waals surface area contributed by atoms with Gasteiger partial charge in [-0.1, -0.05) is 84.9 Å². The minimum atomic E-state index is 0.689. The van der Waals surface area contributed by atoms with Crippen LogP contribution in [0.3, 0.4) is 0 Å². The van der Waals surface area contributed by atoms with Crippen LogP contribution >= 0.6 is 0 Å². The predicted octanol–water partition coefficient (Wildman–Crippen LogP) is 6.05. The molecule has 148 valence electrons. The molecule has 0 radical (unpaired) electrons. The summed E-state index contributed by atoms with van der Waals surface area (Å²) in [6.07, 6.45) is 0. The molecule has 0 heterocycles. The van der Waals surface area contributed by atoms with Crippen LogP contribution < -0.4 is 5.32 Å². The monoisotopic (exact) mass is 399 g/mol. The molecule has 0 aliphatic rings. The second-order valence-electron chi connectivity index (χ2n) is 7.31. The Kier molecular flexibility index (Phi) is 6.19. The molecule has 4 rings (SSSR count). The van der Waals surface area contributed by atoms with E-state index in [4.69, 9.17) is 0 Å². The Hall–Kier alpha value is -4.18. The summed E-state index contributed by atoms with van der Waals surface area (Å²) in [5.41, 5.74) is 7.78. The molecule has 0 aliphatic heterocycles. The van der Waals surface area contributed by atoms with Crippen molar-refractivity contribution in [2.75, 3.05) is 0 Å². The quantitative estimate of drug-likeness (QED) is 0.429. The number of hydrogen-bond acceptors (Lipinski definition) is 3. The highest BCUT2D eigenvalue weighted by atomic mass is 14.8. The van der Waals surface area contributed by atoms with Crippen molar-refractivity contribution in [2.24, 2.45) is 0 Å². The summed E-state index contributed by atoms with van der Waals surface area (Å²) in [4.78, 5) is 0. The minimum Gasteiger partial charge on any atom is -0.309 e. The SMILES string of the molecule is N#Cc1ccccc1-c1ccc(CNCc2ccc(-c3ccccc3C#N)cc2)cc1. The zero-order valence-electron chi connectivity index (χ0n) is 17.0. The average Bonchev–Trinajstić information content (AvgIpc) is 2.85. The van der Waals surface area contributed by atoms with Crippen molar-refractivity contribution in [3.63, 3.8) is 0 Å². The lowest BCUT2D eigenvalue weighted by Crippen LogP contribution is -2.12. The smallest absolute Gasteiger partial charge is 0.0998 e. The van der Waals surface area contributed by atoms with Crippen LogP contribution in [0.5, 0.6) is 0 Å². The van der Waals surface area contributed by atoms with Crippen LogP contribution in [0.15, 0.2) is 97.1 Å². The molecule has 0 aromatic heterocycles. The highest BCUT2D eigenvalue weighted by molar-refractivity contribution is 5.71. The van der Waals surface area contributed by atoms with Crippen molar-refractivity contribution < 1.29 is 0 Å². The van der Waals surface area contributed by atoms with Crippen LogP contribution in [0.1, 0.15) is 22.3 Å². The minimum absolute atomic E-state index is 0.689. The maximum Gasteiger partial charge on any atom is 0.0998 e. The second kappa shape index (κ2) is 9.55. The summed E-state index contributed by atoms with van der Waals surface area (Å²) < 4.78 is 0. The summed E-state index contributed by atoms with van der Waals surface area (Å²) in [5.74, 6) is 0. The van der Waals surface area contributed by atoms with Gasteiger partial charge >= 0.3 is 0 Å². The van der Waals surface area contributed by atoms with Gasteiger partial charge in [0.1, 0.15) is 0 Å². The highest BCUT2D eigenvalue weighted by Crippen LogP contribution is 2.24. The molecule has 0 atom stereocenters. The number of benzene rings is 4. The van der Waals surface area contributed by atoms with Gasteiger partial charge in [-0.15, -0.1) is 0 Å². The number of nitriles is 2. The third-order valence-corrected chi connectivity index (χ3v) is 5.28. The van der Waals surface area contributed by atoms with Crippen molar-refractivity contribution in [1.82, 2.24) is 5.32 Å². The van der Waals surface area contributed by atoms with Crippen LogP contribution in [0, 0.1) is 22.7 Å². The first-order valence-electron chi connectivity index (χ1n) is 10.2. The van der Waals surface area contributed by atoms with Crippen molar-refractivity contribution >= 4 is 0 Å². The lowest BCUT2D eigenvalue weighted by molar-refractivity contribution is 0.693. The van der Waals surface area contributed by atoms with Gasteiger partial charge < -0.3 is 5.32 Å². The molecule has 0 saturated carbocycles. The lowest BCUT2D eigenvalue weighted by Gasteiger charge is -2.09. The maximum atomic E-state index is 9.29. The predicted molar refractivity (Wildman–Crippen MR) is 124 cm³/mol. The summed E-state index contributed by atoms with van der Waals surface area (Å²) in [5, 5.41) is 22.1. The molecule has 31 heavy (non-hydrogen) atoms. The van der Waals surface area contributed by atoms with E-state index in [9.17, 15) is 10.5 Å². The van der Waals surface area contributed by atoms with Gasteiger partial charge in [-0.2, -0.15) is 10.5 Å². The number of nitrogens with one attached hydrogen (secondary N) is 1. The van der Waals surface area contributed by atoms with E-state index in [0.717, 1.165) is 35.3 Å². The molecule has 4 aromatic rings. The normalized spacial score (nSPS) is 10.3. The fraction of sp³-hybridized carbons (Fsp3) is 0.0714. The first-order valence-corrected chi connectivity index (χ1v) is 10.2. The van der Waals surface area contributed by atoms with E-state index in [2.05, 4.69) is 66.0 Å². The molecule has 0 unspecified atom stereocenters. The van der Waals surface area contributed by atoms with Gasteiger partial charge in [0, 0.05) is 13.1 Å². The van der Waals surface area contributed by atoms with Crippen molar-refractivity contribution in [1.29, 1.82) is 10.5 Å².